The van der Waals surface area contributed by atoms with Gasteiger partial charge in [0.2, 0.25) is 0 Å². The number of fused-ring (bicyclic) bond motifs is 2. The van der Waals surface area contributed by atoms with Crippen molar-refractivity contribution in [2.45, 2.75) is 25.4 Å². The summed E-state index contributed by atoms with van der Waals surface area (Å²) in [5.74, 6) is -0.615. The second kappa shape index (κ2) is 8.18. The van der Waals surface area contributed by atoms with Crippen LogP contribution in [0.15, 0.2) is 48.5 Å². The molecule has 4 rings (SSSR count). The highest BCUT2D eigenvalue weighted by atomic mass is 19.1. The Morgan fingerprint density at radius 2 is 2.00 bits per heavy atom. The van der Waals surface area contributed by atoms with E-state index in [0.29, 0.717) is 5.56 Å². The molecule has 3 aromatic rings. The molecule has 2 atom stereocenters. The van der Waals surface area contributed by atoms with Crippen LogP contribution in [0.25, 0.3) is 10.8 Å². The normalized spacial score (nSPS) is 16.3. The molecule has 2 unspecified atom stereocenters. The molecule has 2 N–H and O–H groups in total. The Bertz CT molecular complexity index is 1100. The maximum absolute atomic E-state index is 13.8. The third kappa shape index (κ3) is 4.01. The summed E-state index contributed by atoms with van der Waals surface area (Å²) in [6.07, 6.45) is 0.287. The molecule has 2 amide bonds. The van der Waals surface area contributed by atoms with Gasteiger partial charge in [-0.2, -0.15) is 0 Å². The van der Waals surface area contributed by atoms with Gasteiger partial charge in [0.25, 0.3) is 0 Å². The van der Waals surface area contributed by atoms with Crippen molar-refractivity contribution < 1.29 is 23.0 Å². The van der Waals surface area contributed by atoms with E-state index in [1.165, 1.54) is 6.07 Å². The number of methoxy groups -OCH3 is 1. The molecule has 1 aliphatic rings. The first-order chi connectivity index (χ1) is 14.4. The fraction of sp³-hybridized carbons (Fsp3) is 0.261. The van der Waals surface area contributed by atoms with Crippen LogP contribution < -0.4 is 20.1 Å². The second-order valence-corrected chi connectivity index (χ2v) is 7.37. The molecule has 1 heterocycles. The average Bonchev–Trinajstić information content (AvgIpc) is 2.72. The number of hydrogen-bond acceptors (Lipinski definition) is 3. The van der Waals surface area contributed by atoms with Crippen molar-refractivity contribution in [2.24, 2.45) is 0 Å². The summed E-state index contributed by atoms with van der Waals surface area (Å²) >= 11 is 0. The first-order valence-electron chi connectivity index (χ1n) is 9.69. The summed E-state index contributed by atoms with van der Waals surface area (Å²) in [7, 11) is 1.61. The molecule has 30 heavy (non-hydrogen) atoms. The van der Waals surface area contributed by atoms with Crippen molar-refractivity contribution in [2.75, 3.05) is 13.7 Å². The predicted molar refractivity (Wildman–Crippen MR) is 110 cm³/mol. The highest BCUT2D eigenvalue weighted by Crippen LogP contribution is 2.31. The highest BCUT2D eigenvalue weighted by Gasteiger charge is 2.25. The third-order valence-electron chi connectivity index (χ3n) is 5.23. The predicted octanol–water partition coefficient (Wildman–Crippen LogP) is 4.49. The maximum atomic E-state index is 13.8. The van der Waals surface area contributed by atoms with Gasteiger partial charge in [0.1, 0.15) is 18.2 Å². The van der Waals surface area contributed by atoms with E-state index in [2.05, 4.69) is 10.6 Å². The fourth-order valence-corrected chi connectivity index (χ4v) is 3.75. The number of carbonyl (C=O) groups excluding carboxylic acids is 1. The molecule has 0 fully saturated rings. The largest absolute Gasteiger partial charge is 0.496 e. The van der Waals surface area contributed by atoms with Gasteiger partial charge in [-0.3, -0.25) is 0 Å². The van der Waals surface area contributed by atoms with Crippen molar-refractivity contribution in [3.63, 3.8) is 0 Å². The molecule has 0 bridgehead atoms. The molecular weight excluding hydrogens is 390 g/mol. The van der Waals surface area contributed by atoms with Crippen LogP contribution >= 0.6 is 0 Å². The van der Waals surface area contributed by atoms with E-state index in [-0.39, 0.29) is 30.9 Å². The van der Waals surface area contributed by atoms with Crippen LogP contribution in [0, 0.1) is 11.6 Å². The number of halogens is 2. The zero-order valence-electron chi connectivity index (χ0n) is 16.7. The van der Waals surface area contributed by atoms with Crippen LogP contribution in [0.4, 0.5) is 13.6 Å². The van der Waals surface area contributed by atoms with Crippen molar-refractivity contribution >= 4 is 16.8 Å². The van der Waals surface area contributed by atoms with Gasteiger partial charge in [-0.25, -0.2) is 13.6 Å². The van der Waals surface area contributed by atoms with Crippen LogP contribution in [-0.4, -0.2) is 25.8 Å². The minimum Gasteiger partial charge on any atom is -0.496 e. The third-order valence-corrected chi connectivity index (χ3v) is 5.23. The van der Waals surface area contributed by atoms with E-state index in [4.69, 9.17) is 9.47 Å². The van der Waals surface area contributed by atoms with Gasteiger partial charge in [-0.1, -0.05) is 24.3 Å². The number of amides is 2. The molecule has 7 heteroatoms. The summed E-state index contributed by atoms with van der Waals surface area (Å²) < 4.78 is 38.1. The molecule has 1 aliphatic heterocycles. The van der Waals surface area contributed by atoms with E-state index in [9.17, 15) is 13.6 Å². The molecular formula is C23H22F2N2O3. The van der Waals surface area contributed by atoms with E-state index in [1.54, 1.807) is 7.11 Å². The van der Waals surface area contributed by atoms with Crippen molar-refractivity contribution in [3.05, 3.63) is 71.3 Å². The van der Waals surface area contributed by atoms with E-state index < -0.39 is 17.7 Å². The minimum atomic E-state index is -0.730. The first kappa shape index (κ1) is 19.9. The van der Waals surface area contributed by atoms with Crippen LogP contribution in [0.1, 0.15) is 24.1 Å². The van der Waals surface area contributed by atoms with Crippen LogP contribution in [0.5, 0.6) is 11.5 Å². The Kier molecular flexibility index (Phi) is 5.44. The van der Waals surface area contributed by atoms with Gasteiger partial charge >= 0.3 is 6.03 Å². The van der Waals surface area contributed by atoms with Crippen LogP contribution in [0.3, 0.4) is 0 Å². The van der Waals surface area contributed by atoms with Gasteiger partial charge in [0.15, 0.2) is 11.6 Å². The Hall–Kier alpha value is -3.35. The lowest BCUT2D eigenvalue weighted by molar-refractivity contribution is 0.208. The van der Waals surface area contributed by atoms with Crippen molar-refractivity contribution in [1.82, 2.24) is 10.6 Å². The SMILES string of the molecule is COc1cc(C(C)NC(=O)NC2COc3c(F)cc(F)cc3C2)cc2ccccc12. The molecule has 0 aliphatic carbocycles. The lowest BCUT2D eigenvalue weighted by Gasteiger charge is -2.27. The lowest BCUT2D eigenvalue weighted by Crippen LogP contribution is -2.47. The van der Waals surface area contributed by atoms with E-state index >= 15 is 0 Å². The van der Waals surface area contributed by atoms with Gasteiger partial charge < -0.3 is 20.1 Å². The Morgan fingerprint density at radius 3 is 2.80 bits per heavy atom. The number of benzene rings is 3. The smallest absolute Gasteiger partial charge is 0.315 e. The molecule has 0 saturated heterocycles. The zero-order valence-corrected chi connectivity index (χ0v) is 16.7. The Labute approximate surface area is 173 Å². The average molecular weight is 412 g/mol. The molecule has 156 valence electrons. The monoisotopic (exact) mass is 412 g/mol. The quantitative estimate of drug-likeness (QED) is 0.664. The standard InChI is InChI=1S/C23H22F2N2O3/c1-13(15-7-14-5-3-4-6-19(14)21(10-15)29-2)26-23(28)27-18-9-16-8-17(24)11-20(25)22(16)30-12-18/h3-8,10-11,13,18H,9,12H2,1-2H3,(H2,26,27,28). The molecule has 0 spiro atoms. The van der Waals surface area contributed by atoms with E-state index in [1.807, 2.05) is 43.3 Å². The topological polar surface area (TPSA) is 59.6 Å². The van der Waals surface area contributed by atoms with Gasteiger partial charge in [-0.15, -0.1) is 0 Å². The molecule has 0 radical (unpaired) electrons. The number of ether oxygens (including phenoxy) is 2. The Morgan fingerprint density at radius 1 is 1.20 bits per heavy atom. The number of urea groups is 1. The van der Waals surface area contributed by atoms with E-state index in [0.717, 1.165) is 28.2 Å². The maximum Gasteiger partial charge on any atom is 0.315 e. The lowest BCUT2D eigenvalue weighted by atomic mass is 10.0. The van der Waals surface area contributed by atoms with Gasteiger partial charge in [0, 0.05) is 17.0 Å². The fourth-order valence-electron chi connectivity index (χ4n) is 3.75. The summed E-state index contributed by atoms with van der Waals surface area (Å²) in [5, 5.41) is 7.72. The number of nitrogens with one attached hydrogen (secondary N) is 2. The molecule has 5 nitrogen and oxygen atoms in total. The number of hydrogen-bond donors (Lipinski definition) is 2. The summed E-state index contributed by atoms with van der Waals surface area (Å²) in [5.41, 5.74) is 1.30. The summed E-state index contributed by atoms with van der Waals surface area (Å²) in [6, 6.07) is 12.7. The Balaban J connectivity index is 1.44. The summed E-state index contributed by atoms with van der Waals surface area (Å²) in [6.45, 7) is 1.99. The van der Waals surface area contributed by atoms with Crippen molar-refractivity contribution in [1.29, 1.82) is 0 Å². The molecule has 0 saturated carbocycles. The zero-order chi connectivity index (χ0) is 21.3. The second-order valence-electron chi connectivity index (χ2n) is 7.37. The van der Waals surface area contributed by atoms with Gasteiger partial charge in [0.05, 0.1) is 19.2 Å². The summed E-state index contributed by atoms with van der Waals surface area (Å²) in [4.78, 5) is 12.5. The van der Waals surface area contributed by atoms with Crippen LogP contribution in [-0.2, 0) is 6.42 Å². The van der Waals surface area contributed by atoms with Gasteiger partial charge in [-0.05, 0) is 42.5 Å². The highest BCUT2D eigenvalue weighted by molar-refractivity contribution is 5.89. The molecule has 3 aromatic carbocycles. The first-order valence-corrected chi connectivity index (χ1v) is 9.69. The molecule has 0 aromatic heterocycles. The minimum absolute atomic E-state index is 0.0477. The number of rotatable bonds is 4. The number of carbonyl (C=O) groups is 1. The van der Waals surface area contributed by atoms with Crippen molar-refractivity contribution in [3.8, 4) is 11.5 Å². The van der Waals surface area contributed by atoms with Crippen LogP contribution in [0.2, 0.25) is 0 Å².